The first-order valence-electron chi connectivity index (χ1n) is 6.62. The maximum atomic E-state index is 9.51. The molecule has 1 aliphatic rings. The fraction of sp³-hybridized carbons (Fsp3) is 0.769. The van der Waals surface area contributed by atoms with Crippen LogP contribution in [0.1, 0.15) is 38.9 Å². The first-order chi connectivity index (χ1) is 8.20. The van der Waals surface area contributed by atoms with Gasteiger partial charge in [-0.25, -0.2) is 4.98 Å². The van der Waals surface area contributed by atoms with Crippen LogP contribution in [0.15, 0.2) is 12.4 Å². The van der Waals surface area contributed by atoms with Crippen molar-refractivity contribution in [3.63, 3.8) is 0 Å². The lowest BCUT2D eigenvalue weighted by molar-refractivity contribution is 0.129. The van der Waals surface area contributed by atoms with E-state index in [1.54, 1.807) is 0 Å². The molecular weight excluding hydrogens is 214 g/mol. The molecule has 1 saturated heterocycles. The monoisotopic (exact) mass is 237 g/mol. The molecule has 0 spiro atoms. The molecule has 1 N–H and O–H groups in total. The van der Waals surface area contributed by atoms with Gasteiger partial charge in [-0.1, -0.05) is 0 Å². The van der Waals surface area contributed by atoms with Gasteiger partial charge in [0.1, 0.15) is 5.82 Å². The van der Waals surface area contributed by atoms with Crippen LogP contribution < -0.4 is 0 Å². The summed E-state index contributed by atoms with van der Waals surface area (Å²) in [6.07, 6.45) is 7.04. The molecule has 1 aliphatic heterocycles. The predicted octanol–water partition coefficient (Wildman–Crippen LogP) is 1.64. The van der Waals surface area contributed by atoms with Crippen LogP contribution in [-0.2, 0) is 13.1 Å². The number of aryl methyl sites for hydroxylation is 1. The highest BCUT2D eigenvalue weighted by Gasteiger charge is 2.26. The van der Waals surface area contributed by atoms with Crippen molar-refractivity contribution in [3.05, 3.63) is 18.2 Å². The van der Waals surface area contributed by atoms with Gasteiger partial charge in [0.05, 0.1) is 12.6 Å². The van der Waals surface area contributed by atoms with Crippen LogP contribution >= 0.6 is 0 Å². The molecule has 0 amide bonds. The van der Waals surface area contributed by atoms with Gasteiger partial charge >= 0.3 is 0 Å². The third-order valence-corrected chi connectivity index (χ3v) is 3.60. The van der Waals surface area contributed by atoms with E-state index in [9.17, 15) is 5.11 Å². The molecule has 0 bridgehead atoms. The third-order valence-electron chi connectivity index (χ3n) is 3.60. The second-order valence-electron chi connectivity index (χ2n) is 4.98. The number of hydrogen-bond acceptors (Lipinski definition) is 3. The summed E-state index contributed by atoms with van der Waals surface area (Å²) >= 11 is 0. The quantitative estimate of drug-likeness (QED) is 0.846. The Morgan fingerprint density at radius 1 is 1.59 bits per heavy atom. The molecule has 2 rings (SSSR count). The van der Waals surface area contributed by atoms with E-state index in [2.05, 4.69) is 21.4 Å². The van der Waals surface area contributed by atoms with Gasteiger partial charge in [-0.15, -0.1) is 0 Å². The van der Waals surface area contributed by atoms with Gasteiger partial charge in [0.2, 0.25) is 0 Å². The fourth-order valence-corrected chi connectivity index (χ4v) is 2.73. The molecule has 0 saturated carbocycles. The number of rotatable bonds is 5. The second kappa shape index (κ2) is 5.65. The molecule has 2 atom stereocenters. The highest BCUT2D eigenvalue weighted by atomic mass is 16.3. The van der Waals surface area contributed by atoms with Gasteiger partial charge in [0, 0.05) is 25.0 Å². The summed E-state index contributed by atoms with van der Waals surface area (Å²) in [6.45, 7) is 7.04. The summed E-state index contributed by atoms with van der Waals surface area (Å²) < 4.78 is 2.19. The molecule has 2 unspecified atom stereocenters. The second-order valence-corrected chi connectivity index (χ2v) is 4.98. The van der Waals surface area contributed by atoms with Gasteiger partial charge in [-0.05, 0) is 39.7 Å². The fourth-order valence-electron chi connectivity index (χ4n) is 2.73. The molecule has 96 valence electrons. The summed E-state index contributed by atoms with van der Waals surface area (Å²) in [5.74, 6) is 1.14. The van der Waals surface area contributed by atoms with E-state index in [-0.39, 0.29) is 6.10 Å². The molecule has 4 nitrogen and oxygen atoms in total. The van der Waals surface area contributed by atoms with Gasteiger partial charge in [0.25, 0.3) is 0 Å². The standard InChI is InChI=1S/C13H23N3O/c1-3-15-8-6-14-13(15)10-16-7-4-5-12(16)9-11(2)17/h6,8,11-12,17H,3-5,7,9-10H2,1-2H3. The number of aromatic nitrogens is 2. The van der Waals surface area contributed by atoms with Crippen molar-refractivity contribution in [2.75, 3.05) is 6.54 Å². The molecule has 2 heterocycles. The Bertz CT molecular complexity index is 348. The molecule has 0 aromatic carbocycles. The van der Waals surface area contributed by atoms with E-state index in [0.717, 1.165) is 31.9 Å². The first kappa shape index (κ1) is 12.6. The van der Waals surface area contributed by atoms with Crippen LogP contribution in [-0.4, -0.2) is 38.2 Å². The van der Waals surface area contributed by atoms with Crippen molar-refractivity contribution in [1.29, 1.82) is 0 Å². The number of likely N-dealkylation sites (tertiary alicyclic amines) is 1. The third kappa shape index (κ3) is 3.07. The van der Waals surface area contributed by atoms with Crippen LogP contribution in [0, 0.1) is 0 Å². The minimum atomic E-state index is -0.202. The maximum Gasteiger partial charge on any atom is 0.122 e. The lowest BCUT2D eigenvalue weighted by atomic mass is 10.1. The molecule has 4 heteroatoms. The van der Waals surface area contributed by atoms with Gasteiger partial charge in [0.15, 0.2) is 0 Å². The van der Waals surface area contributed by atoms with Crippen LogP contribution in [0.3, 0.4) is 0 Å². The Labute approximate surface area is 103 Å². The Morgan fingerprint density at radius 3 is 3.12 bits per heavy atom. The Morgan fingerprint density at radius 2 is 2.41 bits per heavy atom. The normalized spacial score (nSPS) is 23.1. The predicted molar refractivity (Wildman–Crippen MR) is 67.6 cm³/mol. The molecule has 17 heavy (non-hydrogen) atoms. The zero-order valence-corrected chi connectivity index (χ0v) is 10.8. The Hall–Kier alpha value is -0.870. The number of imidazole rings is 1. The summed E-state index contributed by atoms with van der Waals surface area (Å²) in [5.41, 5.74) is 0. The van der Waals surface area contributed by atoms with Crippen molar-refractivity contribution in [1.82, 2.24) is 14.5 Å². The number of aliphatic hydroxyl groups is 1. The smallest absolute Gasteiger partial charge is 0.122 e. The lowest BCUT2D eigenvalue weighted by Crippen LogP contribution is -2.32. The number of aliphatic hydroxyl groups excluding tert-OH is 1. The zero-order chi connectivity index (χ0) is 12.3. The average Bonchev–Trinajstić information content (AvgIpc) is 2.88. The SMILES string of the molecule is CCn1ccnc1CN1CCCC1CC(C)O. The Kier molecular flexibility index (Phi) is 4.18. The van der Waals surface area contributed by atoms with Crippen LogP contribution in [0.25, 0.3) is 0 Å². The van der Waals surface area contributed by atoms with Crippen molar-refractivity contribution in [3.8, 4) is 0 Å². The number of nitrogens with zero attached hydrogens (tertiary/aromatic N) is 3. The summed E-state index contributed by atoms with van der Waals surface area (Å²) in [7, 11) is 0. The molecule has 1 aromatic rings. The van der Waals surface area contributed by atoms with Crippen molar-refractivity contribution < 1.29 is 5.11 Å². The largest absolute Gasteiger partial charge is 0.393 e. The molecule has 1 aromatic heterocycles. The average molecular weight is 237 g/mol. The first-order valence-corrected chi connectivity index (χ1v) is 6.62. The van der Waals surface area contributed by atoms with Crippen LogP contribution in [0.4, 0.5) is 0 Å². The van der Waals surface area contributed by atoms with E-state index in [1.165, 1.54) is 12.8 Å². The number of hydrogen-bond donors (Lipinski definition) is 1. The minimum Gasteiger partial charge on any atom is -0.393 e. The highest BCUT2D eigenvalue weighted by Crippen LogP contribution is 2.23. The molecule has 0 aliphatic carbocycles. The molecule has 1 fully saturated rings. The van der Waals surface area contributed by atoms with E-state index < -0.39 is 0 Å². The summed E-state index contributed by atoms with van der Waals surface area (Å²) in [4.78, 5) is 6.88. The lowest BCUT2D eigenvalue weighted by Gasteiger charge is -2.25. The van der Waals surface area contributed by atoms with Crippen molar-refractivity contribution in [2.45, 2.75) is 58.3 Å². The topological polar surface area (TPSA) is 41.3 Å². The van der Waals surface area contributed by atoms with Gasteiger partial charge < -0.3 is 9.67 Å². The highest BCUT2D eigenvalue weighted by molar-refractivity contribution is 4.94. The van der Waals surface area contributed by atoms with Crippen LogP contribution in [0.2, 0.25) is 0 Å². The van der Waals surface area contributed by atoms with E-state index in [4.69, 9.17) is 0 Å². The Balaban J connectivity index is 1.97. The van der Waals surface area contributed by atoms with Crippen LogP contribution in [0.5, 0.6) is 0 Å². The van der Waals surface area contributed by atoms with Crippen molar-refractivity contribution in [2.24, 2.45) is 0 Å². The van der Waals surface area contributed by atoms with E-state index >= 15 is 0 Å². The van der Waals surface area contributed by atoms with E-state index in [1.807, 2.05) is 19.3 Å². The summed E-state index contributed by atoms with van der Waals surface area (Å²) in [6, 6.07) is 0.525. The van der Waals surface area contributed by atoms with Gasteiger partial charge in [-0.2, -0.15) is 0 Å². The molecule has 0 radical (unpaired) electrons. The molecular formula is C13H23N3O. The maximum absolute atomic E-state index is 9.51. The minimum absolute atomic E-state index is 0.202. The summed E-state index contributed by atoms with van der Waals surface area (Å²) in [5, 5.41) is 9.51. The van der Waals surface area contributed by atoms with Crippen molar-refractivity contribution >= 4 is 0 Å². The zero-order valence-electron chi connectivity index (χ0n) is 10.8. The van der Waals surface area contributed by atoms with Gasteiger partial charge in [-0.3, -0.25) is 4.90 Å². The van der Waals surface area contributed by atoms with E-state index in [0.29, 0.717) is 6.04 Å².